The van der Waals surface area contributed by atoms with Crippen LogP contribution in [0.25, 0.3) is 0 Å². The van der Waals surface area contributed by atoms with Gasteiger partial charge in [0.15, 0.2) is 0 Å². The fourth-order valence-corrected chi connectivity index (χ4v) is 3.28. The number of hydrogen-bond donors (Lipinski definition) is 3. The third kappa shape index (κ3) is 8.24. The Bertz CT molecular complexity index is 894. The number of fused-ring (bicyclic) bond motifs is 1. The summed E-state index contributed by atoms with van der Waals surface area (Å²) in [4.78, 5) is 33.5. The quantitative estimate of drug-likeness (QED) is 0.181. The van der Waals surface area contributed by atoms with E-state index in [1.54, 1.807) is 43.0 Å². The lowest BCUT2D eigenvalue weighted by Crippen LogP contribution is -2.30. The number of hydrogen-bond acceptors (Lipinski definition) is 7. The number of benzene rings is 1. The smallest absolute Gasteiger partial charge is 0.261 e. The molecule has 4 rings (SSSR count). The molecular formula is C22H34N8O3. The number of carbonyl (C=O) groups is 2. The Hall–Kier alpha value is -3.38. The van der Waals surface area contributed by atoms with Crippen LogP contribution in [0.4, 0.5) is 0 Å². The van der Waals surface area contributed by atoms with Gasteiger partial charge < -0.3 is 20.3 Å². The van der Waals surface area contributed by atoms with E-state index in [1.807, 2.05) is 23.3 Å². The van der Waals surface area contributed by atoms with Gasteiger partial charge in [0.1, 0.15) is 0 Å². The molecular weight excluding hydrogens is 424 g/mol. The average Bonchev–Trinajstić information content (AvgIpc) is 3.58. The van der Waals surface area contributed by atoms with E-state index >= 15 is 0 Å². The number of unbranched alkanes of at least 4 members (excludes halogenated alkanes) is 2. The van der Waals surface area contributed by atoms with Gasteiger partial charge in [0, 0.05) is 44.4 Å². The minimum absolute atomic E-state index is 0. The molecule has 180 valence electrons. The normalized spacial score (nSPS) is 11.7. The Balaban J connectivity index is 0.000000356. The number of hydrazine groups is 1. The molecule has 0 aliphatic carbocycles. The fraction of sp³-hybridized carbons (Fsp3) is 0.364. The highest BCUT2D eigenvalue weighted by atomic mass is 16.2. The van der Waals surface area contributed by atoms with Crippen LogP contribution in [-0.2, 0) is 13.1 Å². The second-order valence-corrected chi connectivity index (χ2v) is 7.11. The molecule has 0 atom stereocenters. The molecule has 11 nitrogen and oxygen atoms in total. The van der Waals surface area contributed by atoms with Crippen molar-refractivity contribution >= 4 is 11.8 Å². The molecule has 8 N–H and O–H groups in total. The van der Waals surface area contributed by atoms with Crippen LogP contribution in [0.5, 0.6) is 0 Å². The lowest BCUT2D eigenvalue weighted by molar-refractivity contribution is 0.0651. The highest BCUT2D eigenvalue weighted by molar-refractivity contribution is 6.21. The maximum absolute atomic E-state index is 12.1. The number of nitrogens with two attached hydrogens (primary N) is 3. The molecule has 0 bridgehead atoms. The Kier molecular flexibility index (Phi) is 12.9. The summed E-state index contributed by atoms with van der Waals surface area (Å²) in [5.74, 6) is 7.65. The van der Waals surface area contributed by atoms with Crippen LogP contribution >= 0.6 is 0 Å². The summed E-state index contributed by atoms with van der Waals surface area (Å²) in [7, 11) is 0. The van der Waals surface area contributed by atoms with Crippen LogP contribution in [0.15, 0.2) is 61.7 Å². The van der Waals surface area contributed by atoms with E-state index in [-0.39, 0.29) is 17.3 Å². The van der Waals surface area contributed by atoms with Crippen molar-refractivity contribution in [2.24, 2.45) is 17.4 Å². The van der Waals surface area contributed by atoms with Gasteiger partial charge in [-0.25, -0.2) is 9.97 Å². The van der Waals surface area contributed by atoms with Crippen molar-refractivity contribution in [1.29, 1.82) is 0 Å². The van der Waals surface area contributed by atoms with Crippen LogP contribution in [0, 0.1) is 0 Å². The summed E-state index contributed by atoms with van der Waals surface area (Å²) in [6.07, 6.45) is 14.9. The van der Waals surface area contributed by atoms with Crippen LogP contribution in [-0.4, -0.2) is 54.4 Å². The zero-order valence-electron chi connectivity index (χ0n) is 18.7. The number of aromatic nitrogens is 4. The maximum atomic E-state index is 12.1. The first kappa shape index (κ1) is 27.7. The van der Waals surface area contributed by atoms with Crippen molar-refractivity contribution in [3.05, 3.63) is 72.8 Å². The summed E-state index contributed by atoms with van der Waals surface area (Å²) in [5.41, 5.74) is 6.38. The molecule has 1 aromatic carbocycles. The van der Waals surface area contributed by atoms with Gasteiger partial charge in [-0.2, -0.15) is 0 Å². The summed E-state index contributed by atoms with van der Waals surface area (Å²) in [5, 5.41) is 0. The monoisotopic (exact) mass is 458 g/mol. The molecule has 1 aliphatic heterocycles. The van der Waals surface area contributed by atoms with Gasteiger partial charge in [0.2, 0.25) is 0 Å². The molecule has 0 unspecified atom stereocenters. The molecule has 2 aromatic heterocycles. The first-order valence-corrected chi connectivity index (χ1v) is 10.6. The van der Waals surface area contributed by atoms with Crippen molar-refractivity contribution in [2.45, 2.75) is 38.8 Å². The highest BCUT2D eigenvalue weighted by Crippen LogP contribution is 2.22. The van der Waals surface area contributed by atoms with E-state index in [1.165, 1.54) is 4.90 Å². The van der Waals surface area contributed by atoms with Gasteiger partial charge in [-0.05, 0) is 44.4 Å². The van der Waals surface area contributed by atoms with E-state index in [9.17, 15) is 9.59 Å². The van der Waals surface area contributed by atoms with Gasteiger partial charge >= 0.3 is 0 Å². The summed E-state index contributed by atoms with van der Waals surface area (Å²) in [6, 6.07) is 6.99. The molecule has 0 saturated carbocycles. The molecule has 11 heteroatoms. The molecule has 0 spiro atoms. The number of imidazole rings is 2. The van der Waals surface area contributed by atoms with Crippen LogP contribution in [0.2, 0.25) is 0 Å². The van der Waals surface area contributed by atoms with E-state index in [2.05, 4.69) is 26.2 Å². The van der Waals surface area contributed by atoms with Crippen molar-refractivity contribution < 1.29 is 15.1 Å². The SMILES string of the molecule is NCCCCn1ccnc1.NN.O.O=C1c2ccccc2C(=O)N1CCCCn1ccnc1. The Morgan fingerprint density at radius 2 is 1.18 bits per heavy atom. The van der Waals surface area contributed by atoms with E-state index in [0.717, 1.165) is 45.3 Å². The van der Waals surface area contributed by atoms with Gasteiger partial charge in [-0.3, -0.25) is 26.2 Å². The number of nitrogens with zero attached hydrogens (tertiary/aromatic N) is 5. The molecule has 0 saturated heterocycles. The first-order chi connectivity index (χ1) is 15.7. The Morgan fingerprint density at radius 3 is 1.61 bits per heavy atom. The van der Waals surface area contributed by atoms with Gasteiger partial charge in [-0.15, -0.1) is 0 Å². The molecule has 1 aliphatic rings. The van der Waals surface area contributed by atoms with Crippen molar-refractivity contribution in [3.63, 3.8) is 0 Å². The summed E-state index contributed by atoms with van der Waals surface area (Å²) < 4.78 is 4.05. The van der Waals surface area contributed by atoms with Gasteiger partial charge in [0.05, 0.1) is 23.8 Å². The number of carbonyl (C=O) groups excluding carboxylic acids is 2. The molecule has 3 aromatic rings. The average molecular weight is 459 g/mol. The molecule has 33 heavy (non-hydrogen) atoms. The lowest BCUT2D eigenvalue weighted by atomic mass is 10.1. The van der Waals surface area contributed by atoms with Gasteiger partial charge in [-0.1, -0.05) is 12.1 Å². The minimum Gasteiger partial charge on any atom is -0.412 e. The molecule has 0 radical (unpaired) electrons. The van der Waals surface area contributed by atoms with Gasteiger partial charge in [0.25, 0.3) is 11.8 Å². The molecule has 0 fully saturated rings. The van der Waals surface area contributed by atoms with E-state index in [4.69, 9.17) is 5.73 Å². The second kappa shape index (κ2) is 15.4. The summed E-state index contributed by atoms with van der Waals surface area (Å²) >= 11 is 0. The number of amides is 2. The largest absolute Gasteiger partial charge is 0.412 e. The predicted octanol–water partition coefficient (Wildman–Crippen LogP) is 0.576. The van der Waals surface area contributed by atoms with E-state index < -0.39 is 0 Å². The molecule has 2 amide bonds. The number of rotatable bonds is 9. The minimum atomic E-state index is -0.173. The van der Waals surface area contributed by atoms with Crippen LogP contribution in [0.1, 0.15) is 46.4 Å². The first-order valence-electron chi connectivity index (χ1n) is 10.6. The third-order valence-corrected chi connectivity index (χ3v) is 4.92. The number of imide groups is 1. The highest BCUT2D eigenvalue weighted by Gasteiger charge is 2.34. The zero-order chi connectivity index (χ0) is 23.2. The standard InChI is InChI=1S/C15H15N3O2.C7H13N3.H4N2.H2O/c19-14-12-5-1-2-6-13(12)15(20)18(14)9-4-3-8-17-10-7-16-11-17;8-3-1-2-5-10-6-4-9-7-10;1-2;/h1-2,5-7,10-11H,3-4,8-9H2;4,6-7H,1-3,5,8H2;1-2H2;1H2. The lowest BCUT2D eigenvalue weighted by Gasteiger charge is -2.13. The van der Waals surface area contributed by atoms with Crippen molar-refractivity contribution in [2.75, 3.05) is 13.1 Å². The topological polar surface area (TPSA) is 183 Å². The van der Waals surface area contributed by atoms with Crippen LogP contribution < -0.4 is 17.4 Å². The molecule has 3 heterocycles. The second-order valence-electron chi connectivity index (χ2n) is 7.11. The van der Waals surface area contributed by atoms with Crippen molar-refractivity contribution in [3.8, 4) is 0 Å². The maximum Gasteiger partial charge on any atom is 0.261 e. The van der Waals surface area contributed by atoms with Crippen molar-refractivity contribution in [1.82, 2.24) is 24.0 Å². The Morgan fingerprint density at radius 1 is 0.727 bits per heavy atom. The van der Waals surface area contributed by atoms with E-state index in [0.29, 0.717) is 17.7 Å². The Labute approximate surface area is 193 Å². The predicted molar refractivity (Wildman–Crippen MR) is 126 cm³/mol. The fourth-order valence-electron chi connectivity index (χ4n) is 3.28. The third-order valence-electron chi connectivity index (χ3n) is 4.92. The zero-order valence-corrected chi connectivity index (χ0v) is 18.7. The number of aryl methyl sites for hydroxylation is 2. The summed E-state index contributed by atoms with van der Waals surface area (Å²) in [6.45, 7) is 3.15. The van der Waals surface area contributed by atoms with Crippen LogP contribution in [0.3, 0.4) is 0 Å².